The van der Waals surface area contributed by atoms with Gasteiger partial charge in [0.2, 0.25) is 0 Å². The lowest BCUT2D eigenvalue weighted by Gasteiger charge is -2.62. The number of carbonyl (C=O) groups excluding carboxylic acids is 3. The summed E-state index contributed by atoms with van der Waals surface area (Å²) in [5, 5.41) is 0. The van der Waals surface area contributed by atoms with Crippen molar-refractivity contribution in [2.45, 2.75) is 104 Å². The molecule has 5 aliphatic carbocycles. The zero-order valence-corrected chi connectivity index (χ0v) is 19.9. The average molecular weight is 427 g/mol. The first-order valence-electron chi connectivity index (χ1n) is 12.6. The molecule has 3 unspecified atom stereocenters. The van der Waals surface area contributed by atoms with Crippen molar-refractivity contribution in [3.05, 3.63) is 0 Å². The van der Waals surface area contributed by atoms with E-state index in [0.717, 1.165) is 32.1 Å². The number of hydrogen-bond acceptors (Lipinski definition) is 4. The lowest BCUT2D eigenvalue weighted by Crippen LogP contribution is -2.58. The molecule has 1 aliphatic heterocycles. The Bertz CT molecular complexity index is 920. The molecular weight excluding hydrogens is 388 g/mol. The van der Waals surface area contributed by atoms with Crippen molar-refractivity contribution in [1.29, 1.82) is 0 Å². The van der Waals surface area contributed by atoms with Crippen LogP contribution in [0.2, 0.25) is 0 Å². The molecule has 4 nitrogen and oxygen atoms in total. The molecule has 6 fully saturated rings. The van der Waals surface area contributed by atoms with Crippen molar-refractivity contribution in [3.63, 3.8) is 0 Å². The molecule has 0 amide bonds. The van der Waals surface area contributed by atoms with Gasteiger partial charge in [-0.1, -0.05) is 27.7 Å². The smallest absolute Gasteiger partial charge is 0.306 e. The van der Waals surface area contributed by atoms with Gasteiger partial charge in [0.15, 0.2) is 0 Å². The summed E-state index contributed by atoms with van der Waals surface area (Å²) in [5.74, 6) is 1.53. The monoisotopic (exact) mass is 426 g/mol. The molecule has 0 radical (unpaired) electrons. The van der Waals surface area contributed by atoms with Crippen molar-refractivity contribution >= 4 is 17.5 Å². The maximum atomic E-state index is 13.6. The number of esters is 1. The largest absolute Gasteiger partial charge is 0.459 e. The lowest BCUT2D eigenvalue weighted by atomic mass is 9.41. The summed E-state index contributed by atoms with van der Waals surface area (Å²) in [7, 11) is 0. The van der Waals surface area contributed by atoms with Crippen molar-refractivity contribution < 1.29 is 19.1 Å². The second-order valence-corrected chi connectivity index (χ2v) is 13.5. The van der Waals surface area contributed by atoms with E-state index in [2.05, 4.69) is 27.7 Å². The number of fused-ring (bicyclic) bond motifs is 2. The summed E-state index contributed by atoms with van der Waals surface area (Å²) in [6.07, 6.45) is 9.32. The quantitative estimate of drug-likeness (QED) is 0.536. The molecule has 0 bridgehead atoms. The lowest BCUT2D eigenvalue weighted by molar-refractivity contribution is -0.176. The van der Waals surface area contributed by atoms with Crippen LogP contribution in [-0.4, -0.2) is 23.1 Å². The van der Waals surface area contributed by atoms with E-state index in [1.54, 1.807) is 0 Å². The molecule has 5 saturated carbocycles. The van der Waals surface area contributed by atoms with Crippen LogP contribution in [0.15, 0.2) is 0 Å². The highest BCUT2D eigenvalue weighted by Crippen LogP contribution is 2.88. The Labute approximate surface area is 186 Å². The fraction of sp³-hybridized carbons (Fsp3) is 0.889. The summed E-state index contributed by atoms with van der Waals surface area (Å²) < 4.78 is 5.86. The molecule has 0 aromatic heterocycles. The van der Waals surface area contributed by atoms with Gasteiger partial charge in [0, 0.05) is 24.7 Å². The zero-order chi connectivity index (χ0) is 22.2. The van der Waals surface area contributed by atoms with Crippen molar-refractivity contribution in [3.8, 4) is 0 Å². The molecule has 6 aliphatic rings. The van der Waals surface area contributed by atoms with Crippen molar-refractivity contribution in [2.75, 3.05) is 0 Å². The third-order valence-electron chi connectivity index (χ3n) is 12.4. The van der Waals surface area contributed by atoms with Crippen LogP contribution >= 0.6 is 0 Å². The normalized spacial score (nSPS) is 56.9. The predicted octanol–water partition coefficient (Wildman–Crippen LogP) is 5.27. The first-order chi connectivity index (χ1) is 14.4. The minimum absolute atomic E-state index is 0.0366. The van der Waals surface area contributed by atoms with Crippen LogP contribution in [0.1, 0.15) is 98.8 Å². The highest BCUT2D eigenvalue weighted by atomic mass is 16.6. The van der Waals surface area contributed by atoms with Gasteiger partial charge in [-0.2, -0.15) is 0 Å². The van der Waals surface area contributed by atoms with E-state index in [1.165, 1.54) is 12.8 Å². The van der Waals surface area contributed by atoms with Gasteiger partial charge in [-0.05, 0) is 85.4 Å². The zero-order valence-electron chi connectivity index (χ0n) is 19.9. The maximum absolute atomic E-state index is 13.6. The van der Waals surface area contributed by atoms with Gasteiger partial charge >= 0.3 is 5.97 Å². The number of carbonyl (C=O) groups is 3. The van der Waals surface area contributed by atoms with Crippen LogP contribution in [0.5, 0.6) is 0 Å². The number of ketones is 2. The summed E-state index contributed by atoms with van der Waals surface area (Å²) in [4.78, 5) is 38.5. The molecule has 4 heteroatoms. The number of rotatable bonds is 1. The van der Waals surface area contributed by atoms with Crippen LogP contribution in [0.25, 0.3) is 0 Å². The molecule has 170 valence electrons. The molecule has 1 heterocycles. The molecule has 0 aromatic rings. The minimum Gasteiger partial charge on any atom is -0.459 e. The van der Waals surface area contributed by atoms with E-state index in [1.807, 2.05) is 6.92 Å². The van der Waals surface area contributed by atoms with Gasteiger partial charge in [-0.15, -0.1) is 0 Å². The Balaban J connectivity index is 1.40. The number of Topliss-reactive ketones (excluding diaryl/α,β-unsaturated/α-hetero) is 2. The predicted molar refractivity (Wildman–Crippen MR) is 116 cm³/mol. The van der Waals surface area contributed by atoms with Gasteiger partial charge in [0.1, 0.15) is 17.2 Å². The molecule has 6 rings (SSSR count). The van der Waals surface area contributed by atoms with E-state index in [-0.39, 0.29) is 28.1 Å². The molecule has 8 atom stereocenters. The Morgan fingerprint density at radius 3 is 2.13 bits per heavy atom. The van der Waals surface area contributed by atoms with Crippen LogP contribution in [0, 0.1) is 44.8 Å². The number of ether oxygens (including phenoxy) is 1. The van der Waals surface area contributed by atoms with Gasteiger partial charge in [-0.25, -0.2) is 0 Å². The van der Waals surface area contributed by atoms with Gasteiger partial charge in [0.05, 0.1) is 5.92 Å². The second kappa shape index (κ2) is 5.47. The molecule has 1 saturated heterocycles. The number of hydrogen-bond donors (Lipinski definition) is 0. The van der Waals surface area contributed by atoms with Gasteiger partial charge in [-0.3, -0.25) is 14.4 Å². The van der Waals surface area contributed by atoms with Gasteiger partial charge in [0.25, 0.3) is 0 Å². The molecule has 2 spiro atoms. The van der Waals surface area contributed by atoms with Crippen LogP contribution in [-0.2, 0) is 19.1 Å². The highest BCUT2D eigenvalue weighted by Gasteiger charge is 2.83. The standard InChI is InChI=1S/C27H38O4/c1-22(2)17-6-7-18-24(4)14-16(28)21(25(5)10-9-20(30)31-25)23(24,3)12-13-27(18)15-26(17,27)11-8-19(22)29/h17-18,21H,6-15H2,1-5H3/t17?,18?,21?,23-,24+,25+,26-,27+/m1/s1. The SMILES string of the molecule is CC1(C)C(=O)CC[C@]23C[C@]24CC[C@]2(C)C([C@]5(C)CCC(=O)O5)C(=O)C[C@@]2(C)C4CCC13. The fourth-order valence-electron chi connectivity index (χ4n) is 10.9. The van der Waals surface area contributed by atoms with E-state index < -0.39 is 5.60 Å². The third kappa shape index (κ3) is 2.04. The van der Waals surface area contributed by atoms with E-state index >= 15 is 0 Å². The van der Waals surface area contributed by atoms with E-state index in [0.29, 0.717) is 53.5 Å². The highest BCUT2D eigenvalue weighted by molar-refractivity contribution is 5.88. The van der Waals surface area contributed by atoms with E-state index in [4.69, 9.17) is 4.74 Å². The Morgan fingerprint density at radius 2 is 1.45 bits per heavy atom. The molecular formula is C27H38O4. The first-order valence-corrected chi connectivity index (χ1v) is 12.6. The van der Waals surface area contributed by atoms with Crippen LogP contribution in [0.4, 0.5) is 0 Å². The summed E-state index contributed by atoms with van der Waals surface area (Å²) in [6.45, 7) is 11.2. The average Bonchev–Trinajstić information content (AvgIpc) is 3.13. The summed E-state index contributed by atoms with van der Waals surface area (Å²) in [6, 6.07) is 0. The summed E-state index contributed by atoms with van der Waals surface area (Å²) in [5.41, 5.74) is -0.342. The van der Waals surface area contributed by atoms with Gasteiger partial charge < -0.3 is 4.74 Å². The van der Waals surface area contributed by atoms with Crippen molar-refractivity contribution in [2.24, 2.45) is 44.8 Å². The second-order valence-electron chi connectivity index (χ2n) is 13.5. The topological polar surface area (TPSA) is 60.4 Å². The molecule has 0 aromatic carbocycles. The fourth-order valence-corrected chi connectivity index (χ4v) is 10.9. The first kappa shape index (κ1) is 20.4. The Hall–Kier alpha value is -1.19. The van der Waals surface area contributed by atoms with Crippen LogP contribution in [0.3, 0.4) is 0 Å². The Kier molecular flexibility index (Phi) is 3.60. The van der Waals surface area contributed by atoms with Crippen molar-refractivity contribution in [1.82, 2.24) is 0 Å². The summed E-state index contributed by atoms with van der Waals surface area (Å²) >= 11 is 0. The third-order valence-corrected chi connectivity index (χ3v) is 12.4. The minimum atomic E-state index is -0.636. The molecule has 31 heavy (non-hydrogen) atoms. The van der Waals surface area contributed by atoms with Crippen LogP contribution < -0.4 is 0 Å². The van der Waals surface area contributed by atoms with E-state index in [9.17, 15) is 14.4 Å². The Morgan fingerprint density at radius 1 is 0.774 bits per heavy atom. The molecule has 0 N–H and O–H groups in total. The maximum Gasteiger partial charge on any atom is 0.306 e. The number of cyclic esters (lactones) is 1.